The van der Waals surface area contributed by atoms with E-state index in [1.54, 1.807) is 0 Å². The van der Waals surface area contributed by atoms with Gasteiger partial charge in [0.2, 0.25) is 0 Å². The molecule has 0 spiro atoms. The molecule has 0 unspecified atom stereocenters. The fraction of sp³-hybridized carbons (Fsp3) is 0.286. The number of pyridine rings is 1. The Labute approximate surface area is 101 Å². The topological polar surface area (TPSA) is 51.3 Å². The fourth-order valence-corrected chi connectivity index (χ4v) is 1.63. The monoisotopic (exact) mass is 227 g/mol. The van der Waals surface area contributed by atoms with E-state index in [1.807, 2.05) is 57.2 Å². The second-order valence-corrected chi connectivity index (χ2v) is 5.06. The van der Waals surface area contributed by atoms with Crippen LogP contribution in [0.2, 0.25) is 0 Å². The largest absolute Gasteiger partial charge is 0.382 e. The van der Waals surface area contributed by atoms with Crippen LogP contribution in [0, 0.1) is 0 Å². The van der Waals surface area contributed by atoms with Crippen LogP contribution in [0.3, 0.4) is 0 Å². The van der Waals surface area contributed by atoms with Crippen LogP contribution in [-0.4, -0.2) is 16.4 Å². The Morgan fingerprint density at radius 2 is 1.82 bits per heavy atom. The molecule has 0 atom stereocenters. The van der Waals surface area contributed by atoms with Crippen molar-refractivity contribution in [2.45, 2.75) is 26.3 Å². The van der Waals surface area contributed by atoms with Crippen molar-refractivity contribution in [1.82, 2.24) is 4.98 Å². The van der Waals surface area contributed by atoms with Crippen molar-refractivity contribution >= 4 is 16.7 Å². The second-order valence-electron chi connectivity index (χ2n) is 5.06. The molecule has 0 saturated heterocycles. The molecule has 0 saturated carbocycles. The van der Waals surface area contributed by atoms with Crippen LogP contribution in [0.4, 0.5) is 0 Å². The summed E-state index contributed by atoms with van der Waals surface area (Å²) in [5.74, 6) is 0.489. The Morgan fingerprint density at radius 1 is 1.12 bits per heavy atom. The van der Waals surface area contributed by atoms with E-state index in [9.17, 15) is 0 Å². The molecule has 17 heavy (non-hydrogen) atoms. The molecule has 0 bridgehead atoms. The minimum absolute atomic E-state index is 0.183. The Bertz CT molecular complexity index is 565. The van der Waals surface area contributed by atoms with Gasteiger partial charge in [0, 0.05) is 5.39 Å². The molecule has 0 aliphatic heterocycles. The highest BCUT2D eigenvalue weighted by Crippen LogP contribution is 2.13. The van der Waals surface area contributed by atoms with Gasteiger partial charge in [-0.3, -0.25) is 4.99 Å². The summed E-state index contributed by atoms with van der Waals surface area (Å²) in [6.45, 7) is 6.04. The molecule has 3 heteroatoms. The summed E-state index contributed by atoms with van der Waals surface area (Å²) in [6.07, 6.45) is 0. The SMILES string of the molecule is CC(C)(C)N=C(N)c1ccc2ccccc2n1. The molecule has 0 fully saturated rings. The standard InChI is InChI=1S/C14H17N3/c1-14(2,3)17-13(15)12-9-8-10-6-4-5-7-11(10)16-12/h4-9H,1-3H3,(H2,15,17). The molecular formula is C14H17N3. The van der Waals surface area contributed by atoms with Crippen LogP contribution in [0.1, 0.15) is 26.5 Å². The van der Waals surface area contributed by atoms with Gasteiger partial charge in [0.1, 0.15) is 11.5 Å². The van der Waals surface area contributed by atoms with Crippen LogP contribution in [0.15, 0.2) is 41.4 Å². The van der Waals surface area contributed by atoms with Crippen LogP contribution in [-0.2, 0) is 0 Å². The molecule has 0 aliphatic carbocycles. The van der Waals surface area contributed by atoms with Gasteiger partial charge >= 0.3 is 0 Å². The minimum Gasteiger partial charge on any atom is -0.382 e. The highest BCUT2D eigenvalue weighted by atomic mass is 14.9. The van der Waals surface area contributed by atoms with Crippen LogP contribution >= 0.6 is 0 Å². The van der Waals surface area contributed by atoms with E-state index in [0.29, 0.717) is 5.84 Å². The summed E-state index contributed by atoms with van der Waals surface area (Å²) >= 11 is 0. The Balaban J connectivity index is 2.47. The van der Waals surface area contributed by atoms with E-state index < -0.39 is 0 Å². The van der Waals surface area contributed by atoms with Crippen LogP contribution < -0.4 is 5.73 Å². The zero-order valence-corrected chi connectivity index (χ0v) is 10.4. The van der Waals surface area contributed by atoms with Gasteiger partial charge in [0.25, 0.3) is 0 Å². The molecule has 3 nitrogen and oxygen atoms in total. The lowest BCUT2D eigenvalue weighted by molar-refractivity contribution is 0.583. The Kier molecular flexibility index (Phi) is 2.84. The lowest BCUT2D eigenvalue weighted by Crippen LogP contribution is -2.22. The first kappa shape index (κ1) is 11.6. The molecular weight excluding hydrogens is 210 g/mol. The molecule has 2 aromatic rings. The third-order valence-electron chi connectivity index (χ3n) is 2.32. The van der Waals surface area contributed by atoms with E-state index in [1.165, 1.54) is 0 Å². The van der Waals surface area contributed by atoms with Gasteiger partial charge in [0.15, 0.2) is 0 Å². The van der Waals surface area contributed by atoms with Gasteiger partial charge in [-0.1, -0.05) is 24.3 Å². The number of hydrogen-bond donors (Lipinski definition) is 1. The van der Waals surface area contributed by atoms with Crippen molar-refractivity contribution in [3.8, 4) is 0 Å². The highest BCUT2D eigenvalue weighted by Gasteiger charge is 2.10. The van der Waals surface area contributed by atoms with E-state index in [2.05, 4.69) is 9.98 Å². The number of benzene rings is 1. The average molecular weight is 227 g/mol. The van der Waals surface area contributed by atoms with Gasteiger partial charge in [-0.15, -0.1) is 0 Å². The molecule has 0 radical (unpaired) electrons. The molecule has 1 heterocycles. The van der Waals surface area contributed by atoms with E-state index in [-0.39, 0.29) is 5.54 Å². The van der Waals surface area contributed by atoms with E-state index >= 15 is 0 Å². The molecule has 1 aromatic carbocycles. The maximum absolute atomic E-state index is 5.96. The van der Waals surface area contributed by atoms with E-state index in [0.717, 1.165) is 16.6 Å². The third-order valence-corrected chi connectivity index (χ3v) is 2.32. The first-order chi connectivity index (χ1) is 7.96. The lowest BCUT2D eigenvalue weighted by Gasteiger charge is -2.13. The maximum Gasteiger partial charge on any atom is 0.145 e. The number of rotatable bonds is 1. The summed E-state index contributed by atoms with van der Waals surface area (Å²) in [4.78, 5) is 8.92. The summed E-state index contributed by atoms with van der Waals surface area (Å²) in [5, 5.41) is 1.11. The zero-order valence-electron chi connectivity index (χ0n) is 10.4. The number of fused-ring (bicyclic) bond motifs is 1. The van der Waals surface area contributed by atoms with Crippen molar-refractivity contribution < 1.29 is 0 Å². The van der Waals surface area contributed by atoms with Crippen molar-refractivity contribution in [2.24, 2.45) is 10.7 Å². The molecule has 2 N–H and O–H groups in total. The van der Waals surface area contributed by atoms with Crippen molar-refractivity contribution in [2.75, 3.05) is 0 Å². The number of aliphatic imine (C=N–C) groups is 1. The van der Waals surface area contributed by atoms with Gasteiger partial charge < -0.3 is 5.73 Å². The molecule has 2 rings (SSSR count). The summed E-state index contributed by atoms with van der Waals surface area (Å²) in [7, 11) is 0. The fourth-order valence-electron chi connectivity index (χ4n) is 1.63. The number of nitrogens with two attached hydrogens (primary N) is 1. The number of para-hydroxylation sites is 1. The quantitative estimate of drug-likeness (QED) is 0.601. The first-order valence-corrected chi connectivity index (χ1v) is 5.67. The maximum atomic E-state index is 5.96. The normalized spacial score (nSPS) is 13.0. The first-order valence-electron chi connectivity index (χ1n) is 5.67. The van der Waals surface area contributed by atoms with Crippen LogP contribution in [0.5, 0.6) is 0 Å². The number of amidine groups is 1. The van der Waals surface area contributed by atoms with Gasteiger partial charge in [-0.2, -0.15) is 0 Å². The number of aromatic nitrogens is 1. The molecule has 0 aliphatic rings. The lowest BCUT2D eigenvalue weighted by atomic mass is 10.1. The molecule has 0 amide bonds. The predicted octanol–water partition coefficient (Wildman–Crippen LogP) is 2.74. The summed E-state index contributed by atoms with van der Waals surface area (Å²) < 4.78 is 0. The van der Waals surface area contributed by atoms with Crippen LogP contribution in [0.25, 0.3) is 10.9 Å². The van der Waals surface area contributed by atoms with Crippen molar-refractivity contribution in [3.05, 3.63) is 42.1 Å². The molecule has 88 valence electrons. The smallest absolute Gasteiger partial charge is 0.145 e. The second kappa shape index (κ2) is 4.17. The minimum atomic E-state index is -0.183. The number of hydrogen-bond acceptors (Lipinski definition) is 2. The third kappa shape index (κ3) is 2.81. The summed E-state index contributed by atoms with van der Waals surface area (Å²) in [6, 6.07) is 11.9. The predicted molar refractivity (Wildman–Crippen MR) is 72.2 cm³/mol. The summed E-state index contributed by atoms with van der Waals surface area (Å²) in [5.41, 5.74) is 7.45. The zero-order chi connectivity index (χ0) is 12.5. The Hall–Kier alpha value is -1.90. The highest BCUT2D eigenvalue weighted by molar-refractivity contribution is 5.97. The average Bonchev–Trinajstić information content (AvgIpc) is 2.26. The number of nitrogens with zero attached hydrogens (tertiary/aromatic N) is 2. The van der Waals surface area contributed by atoms with E-state index in [4.69, 9.17) is 5.73 Å². The molecule has 1 aromatic heterocycles. The van der Waals surface area contributed by atoms with Gasteiger partial charge in [-0.05, 0) is 32.9 Å². The Morgan fingerprint density at radius 3 is 2.53 bits per heavy atom. The van der Waals surface area contributed by atoms with Crippen molar-refractivity contribution in [3.63, 3.8) is 0 Å². The van der Waals surface area contributed by atoms with Gasteiger partial charge in [-0.25, -0.2) is 4.98 Å². The van der Waals surface area contributed by atoms with Crippen molar-refractivity contribution in [1.29, 1.82) is 0 Å². The van der Waals surface area contributed by atoms with Gasteiger partial charge in [0.05, 0.1) is 11.1 Å².